The number of carbonyl (C=O) groups excluding carboxylic acids is 1. The first-order valence-corrected chi connectivity index (χ1v) is 31.6. The molecule has 13 aliphatic rings. The smallest absolute Gasteiger partial charge is 0.308 e. The minimum absolute atomic E-state index is 0.0268. The van der Waals surface area contributed by atoms with Gasteiger partial charge in [-0.1, -0.05) is 40.9 Å². The Kier molecular flexibility index (Phi) is 16.4. The number of hydrogen-bond donors (Lipinski definition) is 4. The molecular weight excluding hydrogens is 1060 g/mol. The highest BCUT2D eigenvalue weighted by Crippen LogP contribution is 2.57. The summed E-state index contributed by atoms with van der Waals surface area (Å²) in [6.45, 7) is 21.2. The van der Waals surface area contributed by atoms with Crippen LogP contribution in [0.15, 0.2) is 24.3 Å². The summed E-state index contributed by atoms with van der Waals surface area (Å²) in [5.74, 6) is -5.71. The Morgan fingerprint density at radius 3 is 2.11 bits per heavy atom. The van der Waals surface area contributed by atoms with Crippen molar-refractivity contribution in [3.8, 4) is 0 Å². The third kappa shape index (κ3) is 10.8. The molecule has 20 heteroatoms. The summed E-state index contributed by atoms with van der Waals surface area (Å²) in [6, 6.07) is 0. The van der Waals surface area contributed by atoms with Crippen molar-refractivity contribution in [1.82, 2.24) is 0 Å². The maximum atomic E-state index is 14.6. The van der Waals surface area contributed by atoms with Crippen LogP contribution in [0.3, 0.4) is 0 Å². The zero-order chi connectivity index (χ0) is 57.4. The Hall–Kier alpha value is -1.77. The van der Waals surface area contributed by atoms with Crippen LogP contribution in [-0.2, 0) is 75.8 Å². The summed E-state index contributed by atoms with van der Waals surface area (Å²) in [6.07, 6.45) is -0.878. The summed E-state index contributed by atoms with van der Waals surface area (Å²) >= 11 is 0. The first-order valence-electron chi connectivity index (χ1n) is 31.6. The van der Waals surface area contributed by atoms with Gasteiger partial charge in [-0.25, -0.2) is 0 Å². The monoisotopic (exact) mass is 1160 g/mol. The second-order valence-corrected chi connectivity index (χ2v) is 27.8. The summed E-state index contributed by atoms with van der Waals surface area (Å²) < 4.78 is 102. The van der Waals surface area contributed by atoms with Gasteiger partial charge in [0.05, 0.1) is 129 Å². The normalized spacial score (nSPS) is 55.3. The number of ether oxygens (including phenoxy) is 15. The van der Waals surface area contributed by atoms with Crippen molar-refractivity contribution >= 4 is 5.97 Å². The van der Waals surface area contributed by atoms with Gasteiger partial charge in [0, 0.05) is 64.4 Å². The number of hydrogen-bond acceptors (Lipinski definition) is 20. The first kappa shape index (κ1) is 59.2. The molecule has 0 amide bonds. The third-order valence-electron chi connectivity index (χ3n) is 21.8. The molecule has 462 valence electrons. The van der Waals surface area contributed by atoms with E-state index in [9.17, 15) is 25.2 Å². The van der Waals surface area contributed by atoms with E-state index in [2.05, 4.69) is 40.9 Å². The van der Waals surface area contributed by atoms with Crippen LogP contribution in [0.5, 0.6) is 0 Å². The molecule has 0 aromatic carbocycles. The Morgan fingerprint density at radius 2 is 1.32 bits per heavy atom. The molecule has 0 aromatic heterocycles. The van der Waals surface area contributed by atoms with E-state index in [1.165, 1.54) is 7.11 Å². The molecule has 13 unspecified atom stereocenters. The molecule has 0 aromatic rings. The third-order valence-corrected chi connectivity index (χ3v) is 21.8. The van der Waals surface area contributed by atoms with Gasteiger partial charge in [-0.3, -0.25) is 4.79 Å². The maximum absolute atomic E-state index is 14.6. The number of rotatable bonds is 5. The molecule has 4 N–H and O–H groups in total. The standard InChI is InChI=1S/C62H94O20/c1-29-18-38-12-14-42-30(2)19-41(70-42)16-17-61-58(66)62(67,68-9)57(82-61)36(8)69-43-15-13-40(73-56(43)35(7)77-61)21-51(65)76-55-34(6)54-47(74-46(55)22-44(71-38)33(29)5)23-45-49(75-54)26-60(78-45)27-50-53(81-60)32(4)25-59(80-50)24-31(3)52-48(79-59)20-39(72-52)11-10-37(64)28-63/h29,31-32,34-50,52-58,63-64,66-67H,2,5,10-28H2,1,3-4,6-9H3/t29-,31+,32+,34+,35?,36-,37-,38+,39-,40?,41?,42+,43?,44?,45-,46?,47+,48?,49-,50?,52?,53?,54+,55?,56-,57?,58?,59-,60+,61-,62+/m1/s1. The van der Waals surface area contributed by atoms with Gasteiger partial charge in [0.1, 0.15) is 18.3 Å². The van der Waals surface area contributed by atoms with Gasteiger partial charge in [-0.2, -0.15) is 0 Å². The molecule has 13 rings (SSSR count). The van der Waals surface area contributed by atoms with E-state index in [-0.39, 0.29) is 116 Å². The van der Waals surface area contributed by atoms with E-state index in [4.69, 9.17) is 71.1 Å². The highest BCUT2D eigenvalue weighted by Gasteiger charge is 2.69. The van der Waals surface area contributed by atoms with Crippen molar-refractivity contribution in [2.24, 2.45) is 23.7 Å². The minimum Gasteiger partial charge on any atom is -0.459 e. The maximum Gasteiger partial charge on any atom is 0.308 e. The van der Waals surface area contributed by atoms with Crippen LogP contribution in [0.25, 0.3) is 0 Å². The molecule has 8 bridgehead atoms. The quantitative estimate of drug-likeness (QED) is 0.151. The fourth-order valence-corrected chi connectivity index (χ4v) is 17.7. The number of aliphatic hydroxyl groups excluding tert-OH is 3. The van der Waals surface area contributed by atoms with Crippen LogP contribution in [0, 0.1) is 23.7 Å². The Balaban J connectivity index is 0.726. The van der Waals surface area contributed by atoms with Crippen LogP contribution >= 0.6 is 0 Å². The summed E-state index contributed by atoms with van der Waals surface area (Å²) in [4.78, 5) is 14.6. The van der Waals surface area contributed by atoms with Gasteiger partial charge in [0.15, 0.2) is 17.7 Å². The van der Waals surface area contributed by atoms with E-state index < -0.39 is 96.3 Å². The lowest BCUT2D eigenvalue weighted by Gasteiger charge is -2.51. The average Bonchev–Trinajstić information content (AvgIpc) is 4.46. The number of esters is 1. The average molecular weight is 1160 g/mol. The van der Waals surface area contributed by atoms with Crippen LogP contribution in [0.1, 0.15) is 157 Å². The van der Waals surface area contributed by atoms with E-state index in [1.54, 1.807) is 6.92 Å². The first-order chi connectivity index (χ1) is 39.2. The van der Waals surface area contributed by atoms with Crippen molar-refractivity contribution in [3.05, 3.63) is 24.3 Å². The fourth-order valence-electron chi connectivity index (χ4n) is 17.7. The lowest BCUT2D eigenvalue weighted by molar-refractivity contribution is -0.347. The van der Waals surface area contributed by atoms with Gasteiger partial charge in [-0.15, -0.1) is 0 Å². The van der Waals surface area contributed by atoms with Crippen LogP contribution < -0.4 is 0 Å². The molecule has 0 aliphatic carbocycles. The predicted molar refractivity (Wildman–Crippen MR) is 288 cm³/mol. The number of fused-ring (bicyclic) bond motifs is 12. The number of methoxy groups -OCH3 is 1. The lowest BCUT2D eigenvalue weighted by Crippen LogP contribution is -2.61. The summed E-state index contributed by atoms with van der Waals surface area (Å²) in [5.41, 5.74) is 1.99. The Bertz CT molecular complexity index is 2340. The molecule has 0 saturated carbocycles. The molecule has 0 radical (unpaired) electrons. The second kappa shape index (κ2) is 22.7. The largest absolute Gasteiger partial charge is 0.459 e. The van der Waals surface area contributed by atoms with E-state index in [1.807, 2.05) is 6.92 Å². The number of carbonyl (C=O) groups is 1. The van der Waals surface area contributed by atoms with Gasteiger partial charge in [0.25, 0.3) is 0 Å². The van der Waals surface area contributed by atoms with E-state index in [0.29, 0.717) is 83.5 Å². The van der Waals surface area contributed by atoms with Gasteiger partial charge >= 0.3 is 5.97 Å². The van der Waals surface area contributed by atoms with Crippen molar-refractivity contribution in [2.75, 3.05) is 13.7 Å². The van der Waals surface area contributed by atoms with Gasteiger partial charge < -0.3 is 91.5 Å². The number of aliphatic hydroxyl groups is 4. The van der Waals surface area contributed by atoms with E-state index in [0.717, 1.165) is 30.4 Å². The second-order valence-electron chi connectivity index (χ2n) is 27.8. The molecule has 13 saturated heterocycles. The van der Waals surface area contributed by atoms with Crippen molar-refractivity contribution < 1.29 is 96.3 Å². The molecule has 82 heavy (non-hydrogen) atoms. The lowest BCUT2D eigenvalue weighted by atomic mass is 9.79. The van der Waals surface area contributed by atoms with Crippen molar-refractivity contribution in [2.45, 2.75) is 321 Å². The molecule has 13 aliphatic heterocycles. The molecule has 31 atom stereocenters. The highest BCUT2D eigenvalue weighted by atomic mass is 16.8. The fraction of sp³-hybridized carbons (Fsp3) is 0.919. The predicted octanol–water partition coefficient (Wildman–Crippen LogP) is 5.52. The van der Waals surface area contributed by atoms with Gasteiger partial charge in [0.2, 0.25) is 11.6 Å². The zero-order valence-corrected chi connectivity index (χ0v) is 49.3. The summed E-state index contributed by atoms with van der Waals surface area (Å²) in [5, 5.41) is 43.4. The molecule has 3 spiro atoms. The van der Waals surface area contributed by atoms with Gasteiger partial charge in [-0.05, 0) is 101 Å². The van der Waals surface area contributed by atoms with E-state index >= 15 is 0 Å². The summed E-state index contributed by atoms with van der Waals surface area (Å²) in [7, 11) is 1.34. The Labute approximate surface area is 483 Å². The molecule has 13 heterocycles. The topological polar surface area (TPSA) is 236 Å². The zero-order valence-electron chi connectivity index (χ0n) is 49.3. The molecule has 20 nitrogen and oxygen atoms in total. The SMILES string of the molecule is C=C1C2CC3O[C@H]4C[C@H]5O[C@@]6(CC7O[C@]8(C[C@H](C)C9O[C@H](CC[C@@H](O)CO)CC9O8)C[C@H](C)C7O6)C[C@H]5O[C@H]4[C@H](C)C3OC(=O)CC3CCC4O[C@H](C)C5O[C@@](CCC6CC(=C)[C@H](CC[C@@H](C[C@H]1C)O2)O6)(OC(C)[C@H]4O3)C(O)[C@@]5(O)OC. The van der Waals surface area contributed by atoms with Crippen LogP contribution in [-0.4, -0.2) is 204 Å². The van der Waals surface area contributed by atoms with Crippen LogP contribution in [0.4, 0.5) is 0 Å². The molecule has 13 fully saturated rings. The Morgan fingerprint density at radius 1 is 0.610 bits per heavy atom. The minimum atomic E-state index is -2.12. The van der Waals surface area contributed by atoms with Crippen molar-refractivity contribution in [1.29, 1.82) is 0 Å². The van der Waals surface area contributed by atoms with Crippen LogP contribution in [0.2, 0.25) is 0 Å². The molecular formula is C62H94O20. The van der Waals surface area contributed by atoms with Crippen molar-refractivity contribution in [3.63, 3.8) is 0 Å². The highest BCUT2D eigenvalue weighted by molar-refractivity contribution is 5.70.